The fourth-order valence-corrected chi connectivity index (χ4v) is 2.37. The third-order valence-electron chi connectivity index (χ3n) is 3.68. The van der Waals surface area contributed by atoms with Crippen LogP contribution in [0.3, 0.4) is 0 Å². The molecule has 1 aliphatic heterocycles. The zero-order valence-electron chi connectivity index (χ0n) is 11.6. The Morgan fingerprint density at radius 1 is 1.68 bits per heavy atom. The molecule has 6 heteroatoms. The maximum atomic E-state index is 11.8. The van der Waals surface area contributed by atoms with Crippen molar-refractivity contribution in [1.29, 1.82) is 0 Å². The van der Waals surface area contributed by atoms with Gasteiger partial charge in [0.05, 0.1) is 0 Å². The van der Waals surface area contributed by atoms with E-state index in [1.807, 2.05) is 0 Å². The van der Waals surface area contributed by atoms with Gasteiger partial charge in [0, 0.05) is 25.6 Å². The van der Waals surface area contributed by atoms with Crippen LogP contribution in [-0.2, 0) is 4.79 Å². The van der Waals surface area contributed by atoms with E-state index in [0.29, 0.717) is 24.5 Å². The minimum absolute atomic E-state index is 0.0327. The first-order valence-corrected chi connectivity index (χ1v) is 6.66. The van der Waals surface area contributed by atoms with E-state index in [1.54, 1.807) is 13.0 Å². The first kappa shape index (κ1) is 14.0. The van der Waals surface area contributed by atoms with Gasteiger partial charge in [-0.2, -0.15) is 0 Å². The van der Waals surface area contributed by atoms with Crippen LogP contribution in [-0.4, -0.2) is 42.1 Å². The van der Waals surface area contributed by atoms with Crippen LogP contribution < -0.4 is 11.1 Å². The van der Waals surface area contributed by atoms with Gasteiger partial charge in [0.1, 0.15) is 5.76 Å². The van der Waals surface area contributed by atoms with E-state index in [2.05, 4.69) is 22.3 Å². The average molecular weight is 266 g/mol. The largest absolute Gasteiger partial charge is 0.360 e. The van der Waals surface area contributed by atoms with E-state index in [0.717, 1.165) is 26.1 Å². The topological polar surface area (TPSA) is 84.4 Å². The van der Waals surface area contributed by atoms with Crippen LogP contribution in [0, 0.1) is 12.3 Å². The van der Waals surface area contributed by atoms with Crippen molar-refractivity contribution in [3.8, 4) is 0 Å². The minimum Gasteiger partial charge on any atom is -0.360 e. The monoisotopic (exact) mass is 266 g/mol. The quantitative estimate of drug-likeness (QED) is 0.830. The van der Waals surface area contributed by atoms with Gasteiger partial charge in [-0.15, -0.1) is 0 Å². The summed E-state index contributed by atoms with van der Waals surface area (Å²) in [6, 6.07) is 1.71. The minimum atomic E-state index is -0.0327. The number of rotatable bonds is 5. The molecule has 1 fully saturated rings. The Bertz CT molecular complexity index is 446. The zero-order valence-corrected chi connectivity index (χ0v) is 11.6. The summed E-state index contributed by atoms with van der Waals surface area (Å²) in [5.41, 5.74) is 5.97. The van der Waals surface area contributed by atoms with Gasteiger partial charge in [0.2, 0.25) is 5.91 Å². The molecule has 1 unspecified atom stereocenters. The molecular weight excluding hydrogens is 244 g/mol. The molecule has 1 aromatic heterocycles. The van der Waals surface area contributed by atoms with Crippen molar-refractivity contribution in [2.75, 3.05) is 31.5 Å². The van der Waals surface area contributed by atoms with E-state index in [9.17, 15) is 4.79 Å². The van der Waals surface area contributed by atoms with Gasteiger partial charge in [-0.25, -0.2) is 0 Å². The second kappa shape index (κ2) is 5.71. The summed E-state index contributed by atoms with van der Waals surface area (Å²) >= 11 is 0. The summed E-state index contributed by atoms with van der Waals surface area (Å²) in [5, 5.41) is 6.46. The Kier molecular flexibility index (Phi) is 4.21. The Hall–Kier alpha value is -1.40. The lowest BCUT2D eigenvalue weighted by Crippen LogP contribution is -2.32. The molecule has 1 atom stereocenters. The van der Waals surface area contributed by atoms with Crippen molar-refractivity contribution >= 4 is 11.7 Å². The van der Waals surface area contributed by atoms with E-state index in [4.69, 9.17) is 10.3 Å². The van der Waals surface area contributed by atoms with Crippen LogP contribution in [0.2, 0.25) is 0 Å². The predicted molar refractivity (Wildman–Crippen MR) is 72.7 cm³/mol. The number of carbonyl (C=O) groups excluding carboxylic acids is 1. The summed E-state index contributed by atoms with van der Waals surface area (Å²) in [4.78, 5) is 14.1. The Morgan fingerprint density at radius 3 is 3.05 bits per heavy atom. The Morgan fingerprint density at radius 2 is 2.47 bits per heavy atom. The number of hydrogen-bond donors (Lipinski definition) is 2. The Balaban J connectivity index is 1.73. The number of nitrogens with one attached hydrogen (secondary N) is 1. The molecule has 106 valence electrons. The summed E-state index contributed by atoms with van der Waals surface area (Å²) in [7, 11) is 0. The van der Waals surface area contributed by atoms with E-state index in [-0.39, 0.29) is 11.3 Å². The molecule has 2 rings (SSSR count). The number of aromatic nitrogens is 1. The molecule has 19 heavy (non-hydrogen) atoms. The van der Waals surface area contributed by atoms with Crippen molar-refractivity contribution in [3.63, 3.8) is 0 Å². The van der Waals surface area contributed by atoms with Gasteiger partial charge in [0.25, 0.3) is 0 Å². The molecule has 2 heterocycles. The standard InChI is InChI=1S/C13H22N4O2/c1-10-7-11(16-19-10)15-12(18)3-5-17-6-4-13(2,8-14)9-17/h7H,3-6,8-9,14H2,1-2H3,(H,15,16,18). The van der Waals surface area contributed by atoms with Gasteiger partial charge >= 0.3 is 0 Å². The third-order valence-corrected chi connectivity index (χ3v) is 3.68. The van der Waals surface area contributed by atoms with Crippen LogP contribution in [0.1, 0.15) is 25.5 Å². The van der Waals surface area contributed by atoms with Crippen molar-refractivity contribution in [2.45, 2.75) is 26.7 Å². The maximum absolute atomic E-state index is 11.8. The second-order valence-electron chi connectivity index (χ2n) is 5.66. The fraction of sp³-hybridized carbons (Fsp3) is 0.692. The summed E-state index contributed by atoms with van der Waals surface area (Å²) in [5.74, 6) is 1.14. The number of nitrogens with two attached hydrogens (primary N) is 1. The van der Waals surface area contributed by atoms with Gasteiger partial charge < -0.3 is 20.5 Å². The van der Waals surface area contributed by atoms with Crippen molar-refractivity contribution in [1.82, 2.24) is 10.1 Å². The molecule has 1 aliphatic rings. The molecule has 0 aromatic carbocycles. The highest BCUT2D eigenvalue weighted by atomic mass is 16.5. The molecule has 1 amide bonds. The molecule has 0 radical (unpaired) electrons. The first-order chi connectivity index (χ1) is 9.00. The van der Waals surface area contributed by atoms with E-state index in [1.165, 1.54) is 0 Å². The molecule has 0 aliphatic carbocycles. The first-order valence-electron chi connectivity index (χ1n) is 6.66. The number of hydrogen-bond acceptors (Lipinski definition) is 5. The van der Waals surface area contributed by atoms with Gasteiger partial charge in [-0.3, -0.25) is 4.79 Å². The predicted octanol–water partition coefficient (Wildman–Crippen LogP) is 0.982. The van der Waals surface area contributed by atoms with Crippen LogP contribution in [0.5, 0.6) is 0 Å². The van der Waals surface area contributed by atoms with Gasteiger partial charge in [0.15, 0.2) is 5.82 Å². The molecular formula is C13H22N4O2. The average Bonchev–Trinajstić information content (AvgIpc) is 2.94. The number of likely N-dealkylation sites (tertiary alicyclic amines) is 1. The molecule has 3 N–H and O–H groups in total. The number of carbonyl (C=O) groups is 1. The molecule has 0 spiro atoms. The molecule has 1 saturated heterocycles. The zero-order chi connectivity index (χ0) is 13.9. The van der Waals surface area contributed by atoms with Crippen LogP contribution in [0.4, 0.5) is 5.82 Å². The van der Waals surface area contributed by atoms with Crippen LogP contribution >= 0.6 is 0 Å². The third kappa shape index (κ3) is 3.78. The summed E-state index contributed by atoms with van der Waals surface area (Å²) in [6.07, 6.45) is 1.57. The maximum Gasteiger partial charge on any atom is 0.226 e. The number of nitrogens with zero attached hydrogens (tertiary/aromatic N) is 2. The molecule has 1 aromatic rings. The van der Waals surface area contributed by atoms with E-state index >= 15 is 0 Å². The summed E-state index contributed by atoms with van der Waals surface area (Å²) in [6.45, 7) is 7.45. The lowest BCUT2D eigenvalue weighted by atomic mass is 9.90. The van der Waals surface area contributed by atoms with E-state index < -0.39 is 0 Å². The molecule has 6 nitrogen and oxygen atoms in total. The highest BCUT2D eigenvalue weighted by Crippen LogP contribution is 2.28. The highest BCUT2D eigenvalue weighted by Gasteiger charge is 2.32. The number of amides is 1. The lowest BCUT2D eigenvalue weighted by Gasteiger charge is -2.22. The second-order valence-corrected chi connectivity index (χ2v) is 5.66. The fourth-order valence-electron chi connectivity index (χ4n) is 2.37. The van der Waals surface area contributed by atoms with Crippen molar-refractivity contribution in [3.05, 3.63) is 11.8 Å². The van der Waals surface area contributed by atoms with Gasteiger partial charge in [-0.1, -0.05) is 12.1 Å². The van der Waals surface area contributed by atoms with Crippen LogP contribution in [0.25, 0.3) is 0 Å². The highest BCUT2D eigenvalue weighted by molar-refractivity contribution is 5.89. The molecule has 0 bridgehead atoms. The summed E-state index contributed by atoms with van der Waals surface area (Å²) < 4.78 is 4.90. The molecule has 0 saturated carbocycles. The van der Waals surface area contributed by atoms with Crippen LogP contribution in [0.15, 0.2) is 10.6 Å². The van der Waals surface area contributed by atoms with Crippen molar-refractivity contribution < 1.29 is 9.32 Å². The van der Waals surface area contributed by atoms with Crippen molar-refractivity contribution in [2.24, 2.45) is 11.1 Å². The van der Waals surface area contributed by atoms with Gasteiger partial charge in [-0.05, 0) is 31.8 Å². The normalized spacial score (nSPS) is 23.7. The lowest BCUT2D eigenvalue weighted by molar-refractivity contribution is -0.116. The number of aryl methyl sites for hydroxylation is 1. The Labute approximate surface area is 113 Å². The SMILES string of the molecule is Cc1cc(NC(=O)CCN2CCC(C)(CN)C2)no1. The smallest absolute Gasteiger partial charge is 0.226 e. The number of anilines is 1.